The topological polar surface area (TPSA) is 144 Å². The first-order valence-corrected chi connectivity index (χ1v) is 10.7. The van der Waals surface area contributed by atoms with Crippen LogP contribution in [0.4, 0.5) is 0 Å². The lowest BCUT2D eigenvalue weighted by molar-refractivity contribution is -0.138. The van der Waals surface area contributed by atoms with Gasteiger partial charge in [-0.05, 0) is 53.3 Å². The zero-order valence-corrected chi connectivity index (χ0v) is 18.2. The van der Waals surface area contributed by atoms with Crippen LogP contribution in [0.1, 0.15) is 40.7 Å². The molecule has 3 aromatic carbocycles. The Kier molecular flexibility index (Phi) is 10.3. The average Bonchev–Trinajstić information content (AvgIpc) is 2.83. The lowest BCUT2D eigenvalue weighted by atomic mass is 10.1. The first kappa shape index (κ1) is 25.0. The van der Waals surface area contributed by atoms with Crippen molar-refractivity contribution in [2.45, 2.75) is 38.4 Å². The van der Waals surface area contributed by atoms with Gasteiger partial charge in [0.15, 0.2) is 0 Å². The number of hydrogen-bond donors (Lipinski definition) is 5. The Hall–Kier alpha value is -3.26. The Bertz CT molecular complexity index is 1000. The molecule has 1 amide bonds. The monoisotopic (exact) mass is 436 g/mol. The van der Waals surface area contributed by atoms with E-state index in [0.29, 0.717) is 44.5 Å². The Morgan fingerprint density at radius 2 is 1.56 bits per heavy atom. The molecule has 0 aliphatic rings. The third-order valence-corrected chi connectivity index (χ3v) is 5.10. The Morgan fingerprint density at radius 3 is 2.22 bits per heavy atom. The van der Waals surface area contributed by atoms with E-state index in [1.54, 1.807) is 12.1 Å². The van der Waals surface area contributed by atoms with Crippen molar-refractivity contribution in [2.24, 2.45) is 17.2 Å². The third kappa shape index (κ3) is 7.77. The summed E-state index contributed by atoms with van der Waals surface area (Å²) in [7, 11) is 0. The van der Waals surface area contributed by atoms with E-state index in [1.807, 2.05) is 30.3 Å². The molecule has 0 bridgehead atoms. The van der Waals surface area contributed by atoms with E-state index >= 15 is 0 Å². The smallest absolute Gasteiger partial charge is 0.320 e. The number of carbonyl (C=O) groups excluding carboxylic acids is 1. The highest BCUT2D eigenvalue weighted by molar-refractivity contribution is 5.94. The number of rotatable bonds is 9. The lowest BCUT2D eigenvalue weighted by Crippen LogP contribution is -2.30. The van der Waals surface area contributed by atoms with E-state index in [4.69, 9.17) is 22.3 Å². The number of amides is 1. The van der Waals surface area contributed by atoms with E-state index in [1.165, 1.54) is 16.3 Å². The molecule has 0 aliphatic heterocycles. The van der Waals surface area contributed by atoms with Gasteiger partial charge in [0.25, 0.3) is 5.91 Å². The minimum atomic E-state index is -0.992. The summed E-state index contributed by atoms with van der Waals surface area (Å²) in [6.07, 6.45) is 1.78. The maximum absolute atomic E-state index is 11.8. The predicted octanol–water partition coefficient (Wildman–Crippen LogP) is 2.76. The molecule has 0 aromatic heterocycles. The number of hydrogen-bond acceptors (Lipinski definition) is 5. The molecule has 1 atom stereocenters. The maximum atomic E-state index is 11.8. The van der Waals surface area contributed by atoms with Crippen molar-refractivity contribution in [1.29, 1.82) is 0 Å². The van der Waals surface area contributed by atoms with Gasteiger partial charge in [-0.15, -0.1) is 0 Å². The molecule has 7 nitrogen and oxygen atoms in total. The Balaban J connectivity index is 0.000000255. The van der Waals surface area contributed by atoms with E-state index in [0.717, 1.165) is 5.56 Å². The van der Waals surface area contributed by atoms with Crippen molar-refractivity contribution >= 4 is 22.6 Å². The number of unbranched alkanes of at least 4 members (excludes halogenated alkanes) is 1. The number of fused-ring (bicyclic) bond motifs is 1. The Labute approximate surface area is 188 Å². The fourth-order valence-electron chi connectivity index (χ4n) is 3.18. The first-order chi connectivity index (χ1) is 15.5. The minimum Gasteiger partial charge on any atom is -0.480 e. The summed E-state index contributed by atoms with van der Waals surface area (Å²) in [4.78, 5) is 22.3. The number of carboxylic acids is 1. The number of nitrogens with two attached hydrogens (primary N) is 3. The fourth-order valence-corrected chi connectivity index (χ4v) is 3.18. The maximum Gasteiger partial charge on any atom is 0.320 e. The van der Waals surface area contributed by atoms with Crippen molar-refractivity contribution < 1.29 is 14.7 Å². The molecule has 7 heteroatoms. The van der Waals surface area contributed by atoms with Gasteiger partial charge in [-0.2, -0.15) is 0 Å². The molecule has 0 fully saturated rings. The summed E-state index contributed by atoms with van der Waals surface area (Å²) in [5.74, 6) is -1.13. The van der Waals surface area contributed by atoms with Crippen LogP contribution in [0.2, 0.25) is 0 Å². The normalized spacial score (nSPS) is 11.3. The molecule has 170 valence electrons. The van der Waals surface area contributed by atoms with Crippen molar-refractivity contribution in [2.75, 3.05) is 6.54 Å². The quantitative estimate of drug-likeness (QED) is 0.326. The largest absolute Gasteiger partial charge is 0.480 e. The van der Waals surface area contributed by atoms with E-state index < -0.39 is 12.0 Å². The van der Waals surface area contributed by atoms with Crippen LogP contribution in [0.15, 0.2) is 66.7 Å². The van der Waals surface area contributed by atoms with Crippen molar-refractivity contribution in [3.63, 3.8) is 0 Å². The zero-order chi connectivity index (χ0) is 23.3. The molecule has 0 unspecified atom stereocenters. The molecule has 3 rings (SSSR count). The summed E-state index contributed by atoms with van der Waals surface area (Å²) in [5, 5.41) is 13.9. The lowest BCUT2D eigenvalue weighted by Gasteiger charge is -2.07. The van der Waals surface area contributed by atoms with Crippen molar-refractivity contribution in [3.8, 4) is 0 Å². The van der Waals surface area contributed by atoms with E-state index in [2.05, 4.69) is 29.6 Å². The standard InChI is InChI=1S/C14H21N3O3.C11H11N/c15-9-10-4-6-11(7-5-10)13(18)17-8-2-1-3-12(16)14(19)20;12-8-10-6-3-5-9-4-1-2-7-11(9)10/h4-7,12H,1-3,8-9,15-16H2,(H,17,18)(H,19,20);1-7H,8,12H2/t12-;/m0./s1. The van der Waals surface area contributed by atoms with Crippen molar-refractivity contribution in [3.05, 3.63) is 83.4 Å². The molecule has 0 heterocycles. The van der Waals surface area contributed by atoms with Gasteiger partial charge in [-0.1, -0.05) is 54.6 Å². The first-order valence-electron chi connectivity index (χ1n) is 10.7. The second-order valence-corrected chi connectivity index (χ2v) is 7.44. The molecule has 0 aliphatic carbocycles. The number of carboxylic acid groups (broad SMARTS) is 1. The van der Waals surface area contributed by atoms with Crippen LogP contribution < -0.4 is 22.5 Å². The second kappa shape index (κ2) is 13.2. The predicted molar refractivity (Wildman–Crippen MR) is 128 cm³/mol. The second-order valence-electron chi connectivity index (χ2n) is 7.44. The molecule has 0 radical (unpaired) electrons. The number of nitrogens with one attached hydrogen (secondary N) is 1. The van der Waals surface area contributed by atoms with Gasteiger partial charge in [-0.3, -0.25) is 9.59 Å². The molecular formula is C25H32N4O3. The average molecular weight is 437 g/mol. The summed E-state index contributed by atoms with van der Waals surface area (Å²) in [5.41, 5.74) is 19.3. The Morgan fingerprint density at radius 1 is 0.875 bits per heavy atom. The van der Waals surface area contributed by atoms with E-state index in [9.17, 15) is 9.59 Å². The number of aliphatic carboxylic acids is 1. The SMILES string of the molecule is NCc1ccc(C(=O)NCCCC[C@H](N)C(=O)O)cc1.NCc1cccc2ccccc12. The van der Waals surface area contributed by atoms with Gasteiger partial charge in [0.1, 0.15) is 6.04 Å². The van der Waals surface area contributed by atoms with Gasteiger partial charge in [-0.25, -0.2) is 0 Å². The van der Waals surface area contributed by atoms with Gasteiger partial charge in [0.2, 0.25) is 0 Å². The molecule has 0 saturated carbocycles. The van der Waals surface area contributed by atoms with Gasteiger partial charge < -0.3 is 27.6 Å². The molecule has 0 saturated heterocycles. The molecular weight excluding hydrogens is 404 g/mol. The highest BCUT2D eigenvalue weighted by Gasteiger charge is 2.10. The van der Waals surface area contributed by atoms with Gasteiger partial charge in [0.05, 0.1) is 0 Å². The van der Waals surface area contributed by atoms with Crippen molar-refractivity contribution in [1.82, 2.24) is 5.32 Å². The van der Waals surface area contributed by atoms with Crippen LogP contribution in [-0.4, -0.2) is 29.6 Å². The molecule has 3 aromatic rings. The summed E-state index contributed by atoms with van der Waals surface area (Å²) in [6.45, 7) is 1.57. The highest BCUT2D eigenvalue weighted by Crippen LogP contribution is 2.17. The molecule has 0 spiro atoms. The number of benzene rings is 3. The van der Waals surface area contributed by atoms with Gasteiger partial charge in [0, 0.05) is 25.2 Å². The third-order valence-electron chi connectivity index (χ3n) is 5.10. The summed E-state index contributed by atoms with van der Waals surface area (Å²) in [6, 6.07) is 20.8. The zero-order valence-electron chi connectivity index (χ0n) is 18.2. The van der Waals surface area contributed by atoms with Gasteiger partial charge >= 0.3 is 5.97 Å². The number of carbonyl (C=O) groups is 2. The van der Waals surface area contributed by atoms with Crippen LogP contribution in [0.5, 0.6) is 0 Å². The highest BCUT2D eigenvalue weighted by atomic mass is 16.4. The van der Waals surface area contributed by atoms with Crippen LogP contribution >= 0.6 is 0 Å². The van der Waals surface area contributed by atoms with Crippen LogP contribution in [0.25, 0.3) is 10.8 Å². The van der Waals surface area contributed by atoms with E-state index in [-0.39, 0.29) is 5.91 Å². The van der Waals surface area contributed by atoms with Crippen LogP contribution in [0.3, 0.4) is 0 Å². The minimum absolute atomic E-state index is 0.142. The summed E-state index contributed by atoms with van der Waals surface area (Å²) >= 11 is 0. The molecule has 8 N–H and O–H groups in total. The fraction of sp³-hybridized carbons (Fsp3) is 0.280. The molecule has 32 heavy (non-hydrogen) atoms. The van der Waals surface area contributed by atoms with Crippen LogP contribution in [0, 0.1) is 0 Å². The van der Waals surface area contributed by atoms with Crippen LogP contribution in [-0.2, 0) is 17.9 Å². The summed E-state index contributed by atoms with van der Waals surface area (Å²) < 4.78 is 0.